The first-order valence-electron chi connectivity index (χ1n) is 8.38. The van der Waals surface area contributed by atoms with Gasteiger partial charge in [0.05, 0.1) is 0 Å². The highest BCUT2D eigenvalue weighted by Gasteiger charge is 2.25. The second-order valence-electron chi connectivity index (χ2n) is 6.22. The summed E-state index contributed by atoms with van der Waals surface area (Å²) in [6.07, 6.45) is 8.37. The van der Waals surface area contributed by atoms with Crippen LogP contribution < -0.4 is 5.32 Å². The minimum atomic E-state index is 0. The first-order chi connectivity index (χ1) is 9.79. The zero-order valence-electron chi connectivity index (χ0n) is 13.3. The quantitative estimate of drug-likeness (QED) is 0.656. The highest BCUT2D eigenvalue weighted by molar-refractivity contribution is 7.99. The lowest BCUT2D eigenvalue weighted by Crippen LogP contribution is -2.45. The Kier molecular flexibility index (Phi) is 9.78. The Balaban J connectivity index is 0.00000220. The number of nitrogens with zero attached hydrogens (tertiary/aromatic N) is 1. The third kappa shape index (κ3) is 7.75. The van der Waals surface area contributed by atoms with Crippen molar-refractivity contribution in [3.05, 3.63) is 0 Å². The summed E-state index contributed by atoms with van der Waals surface area (Å²) < 4.78 is 0. The van der Waals surface area contributed by atoms with Gasteiger partial charge in [-0.25, -0.2) is 0 Å². The van der Waals surface area contributed by atoms with Crippen molar-refractivity contribution in [3.8, 4) is 0 Å². The van der Waals surface area contributed by atoms with Crippen LogP contribution in [0.4, 0.5) is 0 Å². The standard InChI is InChI=1S/C16H30N2OS.ClH/c1-2-3-11-20-12-8-16(19)18-9-6-15(7-10-18)17-13-14-4-5-14;/h14-15,17H,2-13H2,1H3;1H. The molecule has 0 aromatic heterocycles. The zero-order chi connectivity index (χ0) is 14.2. The van der Waals surface area contributed by atoms with Crippen LogP contribution >= 0.6 is 24.2 Å². The van der Waals surface area contributed by atoms with Crippen LogP contribution in [0.15, 0.2) is 0 Å². The fraction of sp³-hybridized carbons (Fsp3) is 0.938. The van der Waals surface area contributed by atoms with Crippen LogP contribution in [0.1, 0.15) is 51.9 Å². The number of unbranched alkanes of at least 4 members (excludes halogenated alkanes) is 1. The van der Waals surface area contributed by atoms with Gasteiger partial charge in [0.2, 0.25) is 5.91 Å². The Labute approximate surface area is 140 Å². The Morgan fingerprint density at radius 2 is 1.90 bits per heavy atom. The van der Waals surface area contributed by atoms with Crippen LogP contribution in [0.3, 0.4) is 0 Å². The zero-order valence-corrected chi connectivity index (χ0v) is 14.9. The molecule has 0 unspecified atom stereocenters. The number of thioether (sulfide) groups is 1. The number of rotatable bonds is 9. The van der Waals surface area contributed by atoms with Crippen LogP contribution in [0, 0.1) is 5.92 Å². The molecule has 0 atom stereocenters. The molecule has 2 fully saturated rings. The predicted molar refractivity (Wildman–Crippen MR) is 94.4 cm³/mol. The second kappa shape index (κ2) is 10.7. The maximum Gasteiger partial charge on any atom is 0.223 e. The van der Waals surface area contributed by atoms with Gasteiger partial charge in [-0.15, -0.1) is 12.4 Å². The molecule has 124 valence electrons. The van der Waals surface area contributed by atoms with E-state index in [1.807, 2.05) is 11.8 Å². The van der Waals surface area contributed by atoms with Crippen molar-refractivity contribution < 1.29 is 4.79 Å². The van der Waals surface area contributed by atoms with Crippen LogP contribution in [0.25, 0.3) is 0 Å². The molecular formula is C16H31ClN2OS. The van der Waals surface area contributed by atoms with Gasteiger partial charge in [0, 0.05) is 31.3 Å². The Morgan fingerprint density at radius 1 is 1.19 bits per heavy atom. The van der Waals surface area contributed by atoms with E-state index in [2.05, 4.69) is 17.1 Å². The molecule has 0 spiro atoms. The molecule has 0 aromatic carbocycles. The van der Waals surface area contributed by atoms with Crippen molar-refractivity contribution in [1.82, 2.24) is 10.2 Å². The SMILES string of the molecule is CCCCSCCC(=O)N1CCC(NCC2CC2)CC1.Cl. The van der Waals surface area contributed by atoms with Gasteiger partial charge in [0.15, 0.2) is 0 Å². The van der Waals surface area contributed by atoms with Crippen molar-refractivity contribution in [2.45, 2.75) is 57.9 Å². The highest BCUT2D eigenvalue weighted by atomic mass is 35.5. The molecule has 3 nitrogen and oxygen atoms in total. The summed E-state index contributed by atoms with van der Waals surface area (Å²) in [5.41, 5.74) is 0. The van der Waals surface area contributed by atoms with Gasteiger partial charge in [-0.05, 0) is 50.3 Å². The molecule has 0 aromatic rings. The van der Waals surface area contributed by atoms with Gasteiger partial charge < -0.3 is 10.2 Å². The Morgan fingerprint density at radius 3 is 2.52 bits per heavy atom. The van der Waals surface area contributed by atoms with Crippen LogP contribution in [-0.2, 0) is 4.79 Å². The third-order valence-corrected chi connectivity index (χ3v) is 5.41. The first kappa shape index (κ1) is 19.1. The average molecular weight is 335 g/mol. The maximum atomic E-state index is 12.1. The lowest BCUT2D eigenvalue weighted by molar-refractivity contribution is -0.131. The topological polar surface area (TPSA) is 32.3 Å². The highest BCUT2D eigenvalue weighted by Crippen LogP contribution is 2.28. The van der Waals surface area contributed by atoms with E-state index in [-0.39, 0.29) is 12.4 Å². The lowest BCUT2D eigenvalue weighted by atomic mass is 10.0. The van der Waals surface area contributed by atoms with Gasteiger partial charge >= 0.3 is 0 Å². The molecule has 1 saturated carbocycles. The van der Waals surface area contributed by atoms with Crippen LogP contribution in [0.2, 0.25) is 0 Å². The van der Waals surface area contributed by atoms with E-state index in [4.69, 9.17) is 0 Å². The second-order valence-corrected chi connectivity index (χ2v) is 7.45. The van der Waals surface area contributed by atoms with E-state index in [0.717, 1.165) is 44.0 Å². The van der Waals surface area contributed by atoms with E-state index >= 15 is 0 Å². The molecule has 1 N–H and O–H groups in total. The minimum Gasteiger partial charge on any atom is -0.343 e. The van der Waals surface area contributed by atoms with Gasteiger partial charge in [0.25, 0.3) is 0 Å². The monoisotopic (exact) mass is 334 g/mol. The number of nitrogens with one attached hydrogen (secondary N) is 1. The molecule has 0 radical (unpaired) electrons. The number of carbonyl (C=O) groups excluding carboxylic acids is 1. The molecule has 2 rings (SSSR count). The van der Waals surface area contributed by atoms with Crippen LogP contribution in [0.5, 0.6) is 0 Å². The van der Waals surface area contributed by atoms with E-state index in [1.54, 1.807) is 0 Å². The first-order valence-corrected chi connectivity index (χ1v) is 9.54. The van der Waals surface area contributed by atoms with E-state index in [9.17, 15) is 4.79 Å². The number of hydrogen-bond donors (Lipinski definition) is 1. The molecule has 1 saturated heterocycles. The fourth-order valence-electron chi connectivity index (χ4n) is 2.65. The lowest BCUT2D eigenvalue weighted by Gasteiger charge is -2.32. The summed E-state index contributed by atoms with van der Waals surface area (Å²) in [6.45, 7) is 5.33. The number of likely N-dealkylation sites (tertiary alicyclic amines) is 1. The van der Waals surface area contributed by atoms with Crippen molar-refractivity contribution >= 4 is 30.1 Å². The molecule has 1 heterocycles. The van der Waals surface area contributed by atoms with Gasteiger partial charge in [-0.3, -0.25) is 4.79 Å². The Bertz CT molecular complexity index is 292. The molecule has 1 amide bonds. The predicted octanol–water partition coefficient (Wildman–Crippen LogP) is 3.32. The molecule has 2 aliphatic rings. The summed E-state index contributed by atoms with van der Waals surface area (Å²) in [5.74, 6) is 3.53. The number of halogens is 1. The smallest absolute Gasteiger partial charge is 0.223 e. The molecular weight excluding hydrogens is 304 g/mol. The Hall–Kier alpha value is 0.0700. The van der Waals surface area contributed by atoms with E-state index in [0.29, 0.717) is 11.9 Å². The van der Waals surface area contributed by atoms with Crippen LogP contribution in [-0.4, -0.2) is 48.0 Å². The minimum absolute atomic E-state index is 0. The maximum absolute atomic E-state index is 12.1. The number of piperidine rings is 1. The van der Waals surface area contributed by atoms with E-state index in [1.165, 1.54) is 38.0 Å². The molecule has 0 bridgehead atoms. The van der Waals surface area contributed by atoms with Gasteiger partial charge in [-0.2, -0.15) is 11.8 Å². The largest absolute Gasteiger partial charge is 0.343 e. The third-order valence-electron chi connectivity index (χ3n) is 4.34. The van der Waals surface area contributed by atoms with Crippen molar-refractivity contribution in [2.24, 2.45) is 5.92 Å². The fourth-order valence-corrected chi connectivity index (χ4v) is 3.67. The molecule has 5 heteroatoms. The molecule has 21 heavy (non-hydrogen) atoms. The summed E-state index contributed by atoms with van der Waals surface area (Å²) in [6, 6.07) is 0.651. The summed E-state index contributed by atoms with van der Waals surface area (Å²) >= 11 is 1.93. The number of carbonyl (C=O) groups is 1. The van der Waals surface area contributed by atoms with Crippen molar-refractivity contribution in [3.63, 3.8) is 0 Å². The summed E-state index contributed by atoms with van der Waals surface area (Å²) in [4.78, 5) is 14.2. The van der Waals surface area contributed by atoms with Gasteiger partial charge in [-0.1, -0.05) is 13.3 Å². The average Bonchev–Trinajstić information content (AvgIpc) is 3.29. The van der Waals surface area contributed by atoms with Crippen molar-refractivity contribution in [2.75, 3.05) is 31.1 Å². The van der Waals surface area contributed by atoms with Gasteiger partial charge in [0.1, 0.15) is 0 Å². The molecule has 1 aliphatic heterocycles. The summed E-state index contributed by atoms with van der Waals surface area (Å²) in [5, 5.41) is 3.67. The summed E-state index contributed by atoms with van der Waals surface area (Å²) in [7, 11) is 0. The number of amides is 1. The normalized spacial score (nSPS) is 19.4. The van der Waals surface area contributed by atoms with E-state index < -0.39 is 0 Å². The number of hydrogen-bond acceptors (Lipinski definition) is 3. The molecule has 1 aliphatic carbocycles. The van der Waals surface area contributed by atoms with Crippen molar-refractivity contribution in [1.29, 1.82) is 0 Å².